The van der Waals surface area contributed by atoms with Gasteiger partial charge in [0.05, 0.1) is 13.2 Å². The second kappa shape index (κ2) is 8.18. The normalized spacial score (nSPS) is 14.3. The van der Waals surface area contributed by atoms with Crippen molar-refractivity contribution < 1.29 is 18.7 Å². The Labute approximate surface area is 128 Å². The van der Waals surface area contributed by atoms with Crippen LogP contribution in [0.1, 0.15) is 19.4 Å². The maximum absolute atomic E-state index is 12.3. The van der Waals surface area contributed by atoms with Crippen LogP contribution in [-0.2, 0) is 13.6 Å². The van der Waals surface area contributed by atoms with Gasteiger partial charge in [-0.05, 0) is 37.6 Å². The SMILES string of the molecule is CCOP(=O)(OCC)C(O)/C=C(\Cl)c1ccc(Cl)cc1. The lowest BCUT2D eigenvalue weighted by Crippen LogP contribution is -2.10. The van der Waals surface area contributed by atoms with E-state index in [1.165, 1.54) is 6.08 Å². The summed E-state index contributed by atoms with van der Waals surface area (Å²) in [6.07, 6.45) is 1.25. The second-order valence-corrected chi connectivity index (χ2v) is 6.78. The third kappa shape index (κ3) is 4.88. The van der Waals surface area contributed by atoms with Crippen molar-refractivity contribution in [3.8, 4) is 0 Å². The van der Waals surface area contributed by atoms with Gasteiger partial charge in [0.25, 0.3) is 0 Å². The molecular weight excluding hydrogens is 322 g/mol. The van der Waals surface area contributed by atoms with E-state index in [0.29, 0.717) is 10.6 Å². The summed E-state index contributed by atoms with van der Waals surface area (Å²) in [5.41, 5.74) is 0.648. The van der Waals surface area contributed by atoms with Gasteiger partial charge in [0.1, 0.15) is 0 Å². The molecule has 0 aliphatic heterocycles. The number of hydrogen-bond donors (Lipinski definition) is 1. The Morgan fingerprint density at radius 3 is 2.25 bits per heavy atom. The largest absolute Gasteiger partial charge is 0.377 e. The molecule has 0 aromatic heterocycles. The smallest absolute Gasteiger partial charge is 0.362 e. The van der Waals surface area contributed by atoms with Crippen molar-refractivity contribution >= 4 is 35.8 Å². The minimum absolute atomic E-state index is 0.167. The number of hydrogen-bond acceptors (Lipinski definition) is 4. The summed E-state index contributed by atoms with van der Waals surface area (Å²) in [5, 5.41) is 10.8. The van der Waals surface area contributed by atoms with Crippen LogP contribution in [0, 0.1) is 0 Å². The molecule has 1 aromatic rings. The molecule has 0 bridgehead atoms. The van der Waals surface area contributed by atoms with Gasteiger partial charge in [0.2, 0.25) is 0 Å². The first-order valence-electron chi connectivity index (χ1n) is 6.13. The minimum Gasteiger partial charge on any atom is -0.377 e. The number of aliphatic hydroxyl groups is 1. The predicted octanol–water partition coefficient (Wildman–Crippen LogP) is 4.50. The molecule has 4 nitrogen and oxygen atoms in total. The third-order valence-electron chi connectivity index (χ3n) is 2.36. The van der Waals surface area contributed by atoms with E-state index in [1.54, 1.807) is 38.1 Å². The van der Waals surface area contributed by atoms with Gasteiger partial charge in [-0.15, -0.1) is 0 Å². The van der Waals surface area contributed by atoms with Crippen LogP contribution in [0.5, 0.6) is 0 Å². The van der Waals surface area contributed by atoms with E-state index in [0.717, 1.165) is 0 Å². The molecule has 0 fully saturated rings. The molecule has 112 valence electrons. The standard InChI is InChI=1S/C13H17Cl2O4P/c1-3-18-20(17,19-4-2)13(16)9-12(15)10-5-7-11(14)8-6-10/h5-9,13,16H,3-4H2,1-2H3/b12-9-. The highest BCUT2D eigenvalue weighted by molar-refractivity contribution is 7.54. The van der Waals surface area contributed by atoms with Crippen LogP contribution >= 0.6 is 30.8 Å². The first kappa shape index (κ1) is 17.7. The zero-order chi connectivity index (χ0) is 15.2. The molecule has 1 rings (SSSR count). The van der Waals surface area contributed by atoms with E-state index >= 15 is 0 Å². The molecule has 1 aromatic carbocycles. The lowest BCUT2D eigenvalue weighted by atomic mass is 10.2. The summed E-state index contributed by atoms with van der Waals surface area (Å²) in [5.74, 6) is -1.43. The molecule has 0 spiro atoms. The topological polar surface area (TPSA) is 55.8 Å². The molecule has 0 heterocycles. The van der Waals surface area contributed by atoms with E-state index < -0.39 is 13.4 Å². The second-order valence-electron chi connectivity index (χ2n) is 3.81. The van der Waals surface area contributed by atoms with E-state index in [9.17, 15) is 9.67 Å². The average Bonchev–Trinajstić information content (AvgIpc) is 2.39. The van der Waals surface area contributed by atoms with Gasteiger partial charge in [0, 0.05) is 10.1 Å². The molecule has 0 saturated carbocycles. The highest BCUT2D eigenvalue weighted by atomic mass is 35.5. The summed E-state index contributed by atoms with van der Waals surface area (Å²) in [6, 6.07) is 6.73. The van der Waals surface area contributed by atoms with E-state index in [4.69, 9.17) is 32.2 Å². The van der Waals surface area contributed by atoms with E-state index in [1.807, 2.05) is 0 Å². The number of aliphatic hydroxyl groups excluding tert-OH is 1. The van der Waals surface area contributed by atoms with Gasteiger partial charge in [0.15, 0.2) is 5.85 Å². The quantitative estimate of drug-likeness (QED) is 0.743. The van der Waals surface area contributed by atoms with Crippen LogP contribution in [0.15, 0.2) is 30.3 Å². The monoisotopic (exact) mass is 338 g/mol. The van der Waals surface area contributed by atoms with Crippen molar-refractivity contribution in [3.63, 3.8) is 0 Å². The maximum Gasteiger partial charge on any atom is 0.362 e. The zero-order valence-electron chi connectivity index (χ0n) is 11.3. The molecule has 0 aliphatic carbocycles. The van der Waals surface area contributed by atoms with Crippen molar-refractivity contribution in [2.45, 2.75) is 19.7 Å². The van der Waals surface area contributed by atoms with Gasteiger partial charge in [-0.1, -0.05) is 35.3 Å². The Morgan fingerprint density at radius 2 is 1.80 bits per heavy atom. The highest BCUT2D eigenvalue weighted by Gasteiger charge is 2.32. The van der Waals surface area contributed by atoms with Crippen LogP contribution in [0.4, 0.5) is 0 Å². The van der Waals surface area contributed by atoms with Gasteiger partial charge in [-0.3, -0.25) is 4.57 Å². The summed E-state index contributed by atoms with van der Waals surface area (Å²) in [4.78, 5) is 0. The van der Waals surface area contributed by atoms with Crippen molar-refractivity contribution in [3.05, 3.63) is 40.9 Å². The van der Waals surface area contributed by atoms with Crippen molar-refractivity contribution in [2.75, 3.05) is 13.2 Å². The molecular formula is C13H17Cl2O4P. The lowest BCUT2D eigenvalue weighted by Gasteiger charge is -2.20. The molecule has 7 heteroatoms. The Morgan fingerprint density at radius 1 is 1.30 bits per heavy atom. The Bertz CT molecular complexity index is 492. The predicted molar refractivity (Wildman–Crippen MR) is 82.1 cm³/mol. The maximum atomic E-state index is 12.3. The van der Waals surface area contributed by atoms with Crippen molar-refractivity contribution in [1.82, 2.24) is 0 Å². The zero-order valence-corrected chi connectivity index (χ0v) is 13.7. The Kier molecular flexibility index (Phi) is 7.24. The molecule has 0 aliphatic rings. The lowest BCUT2D eigenvalue weighted by molar-refractivity contribution is 0.169. The Hall–Kier alpha value is -0.350. The average molecular weight is 339 g/mol. The van der Waals surface area contributed by atoms with E-state index in [2.05, 4.69) is 0 Å². The molecule has 1 N–H and O–H groups in total. The fourth-order valence-electron chi connectivity index (χ4n) is 1.48. The summed E-state index contributed by atoms with van der Waals surface area (Å²) in [6.45, 7) is 3.67. The van der Waals surface area contributed by atoms with Gasteiger partial charge in [-0.2, -0.15) is 0 Å². The fraction of sp³-hybridized carbons (Fsp3) is 0.385. The van der Waals surface area contributed by atoms with Crippen LogP contribution in [0.25, 0.3) is 5.03 Å². The van der Waals surface area contributed by atoms with Crippen LogP contribution in [0.3, 0.4) is 0 Å². The van der Waals surface area contributed by atoms with Crippen LogP contribution < -0.4 is 0 Å². The minimum atomic E-state index is -3.63. The van der Waals surface area contributed by atoms with Crippen molar-refractivity contribution in [2.24, 2.45) is 0 Å². The fourth-order valence-corrected chi connectivity index (χ4v) is 3.37. The molecule has 1 unspecified atom stereocenters. The van der Waals surface area contributed by atoms with Gasteiger partial charge >= 0.3 is 7.60 Å². The summed E-state index contributed by atoms with van der Waals surface area (Å²) >= 11 is 11.9. The molecule has 20 heavy (non-hydrogen) atoms. The van der Waals surface area contributed by atoms with Gasteiger partial charge < -0.3 is 14.2 Å². The number of rotatable bonds is 7. The first-order valence-corrected chi connectivity index (χ1v) is 8.49. The summed E-state index contributed by atoms with van der Waals surface area (Å²) < 4.78 is 22.4. The Balaban J connectivity index is 2.95. The summed E-state index contributed by atoms with van der Waals surface area (Å²) in [7, 11) is -3.63. The molecule has 0 amide bonds. The van der Waals surface area contributed by atoms with Crippen LogP contribution in [-0.4, -0.2) is 24.2 Å². The molecule has 0 saturated heterocycles. The highest BCUT2D eigenvalue weighted by Crippen LogP contribution is 2.53. The van der Waals surface area contributed by atoms with E-state index in [-0.39, 0.29) is 18.2 Å². The molecule has 0 radical (unpaired) electrons. The van der Waals surface area contributed by atoms with Gasteiger partial charge in [-0.25, -0.2) is 0 Å². The molecule has 1 atom stereocenters. The third-order valence-corrected chi connectivity index (χ3v) is 4.99. The first-order chi connectivity index (χ1) is 9.42. The van der Waals surface area contributed by atoms with Crippen molar-refractivity contribution in [1.29, 1.82) is 0 Å². The number of halogens is 2. The van der Waals surface area contributed by atoms with Crippen LogP contribution in [0.2, 0.25) is 5.02 Å². The number of benzene rings is 1.